The summed E-state index contributed by atoms with van der Waals surface area (Å²) in [4.78, 5) is 14.0. The summed E-state index contributed by atoms with van der Waals surface area (Å²) in [5.74, 6) is -0.0715. The SMILES string of the molecule is CC(C)(C#N)C(=O)N1CCC(OCCc2ccccc2)CC1. The quantitative estimate of drug-likeness (QED) is 0.840. The van der Waals surface area contributed by atoms with E-state index >= 15 is 0 Å². The molecule has 4 heteroatoms. The van der Waals surface area contributed by atoms with Crippen LogP contribution in [-0.4, -0.2) is 36.6 Å². The van der Waals surface area contributed by atoms with E-state index < -0.39 is 5.41 Å². The van der Waals surface area contributed by atoms with Gasteiger partial charge in [0.25, 0.3) is 0 Å². The number of hydrogen-bond acceptors (Lipinski definition) is 3. The molecule has 1 aliphatic rings. The normalized spacial score (nSPS) is 16.3. The minimum Gasteiger partial charge on any atom is -0.378 e. The average molecular weight is 300 g/mol. The number of likely N-dealkylation sites (tertiary alicyclic amines) is 1. The van der Waals surface area contributed by atoms with Crippen LogP contribution in [0.15, 0.2) is 30.3 Å². The molecule has 1 aromatic carbocycles. The zero-order chi connectivity index (χ0) is 16.0. The minimum absolute atomic E-state index is 0.0715. The first-order valence-corrected chi connectivity index (χ1v) is 7.89. The second-order valence-corrected chi connectivity index (χ2v) is 6.33. The molecule has 0 radical (unpaired) electrons. The van der Waals surface area contributed by atoms with Crippen LogP contribution < -0.4 is 0 Å². The van der Waals surface area contributed by atoms with Gasteiger partial charge in [0.05, 0.1) is 18.8 Å². The van der Waals surface area contributed by atoms with Gasteiger partial charge in [-0.25, -0.2) is 0 Å². The predicted molar refractivity (Wildman–Crippen MR) is 85.1 cm³/mol. The lowest BCUT2D eigenvalue weighted by molar-refractivity contribution is -0.140. The molecular formula is C18H24N2O2. The highest BCUT2D eigenvalue weighted by Crippen LogP contribution is 2.22. The summed E-state index contributed by atoms with van der Waals surface area (Å²) in [5, 5.41) is 9.05. The largest absolute Gasteiger partial charge is 0.378 e. The fourth-order valence-corrected chi connectivity index (χ4v) is 2.66. The van der Waals surface area contributed by atoms with Gasteiger partial charge >= 0.3 is 0 Å². The molecule has 0 spiro atoms. The summed E-state index contributed by atoms with van der Waals surface area (Å²) < 4.78 is 5.92. The highest BCUT2D eigenvalue weighted by Gasteiger charge is 2.34. The Morgan fingerprint density at radius 1 is 1.32 bits per heavy atom. The van der Waals surface area contributed by atoms with Gasteiger partial charge in [0.1, 0.15) is 5.41 Å². The summed E-state index contributed by atoms with van der Waals surface area (Å²) in [5.41, 5.74) is 0.354. The van der Waals surface area contributed by atoms with Crippen LogP contribution in [-0.2, 0) is 16.0 Å². The molecule has 0 unspecified atom stereocenters. The van der Waals surface area contributed by atoms with Gasteiger partial charge in [-0.15, -0.1) is 0 Å². The number of carbonyl (C=O) groups excluding carboxylic acids is 1. The van der Waals surface area contributed by atoms with Gasteiger partial charge in [-0.05, 0) is 38.7 Å². The van der Waals surface area contributed by atoms with E-state index in [0.717, 1.165) is 19.3 Å². The zero-order valence-corrected chi connectivity index (χ0v) is 13.4. The first kappa shape index (κ1) is 16.5. The lowest BCUT2D eigenvalue weighted by Gasteiger charge is -2.34. The Bertz CT molecular complexity index is 526. The topological polar surface area (TPSA) is 53.3 Å². The number of benzene rings is 1. The van der Waals surface area contributed by atoms with Gasteiger partial charge < -0.3 is 9.64 Å². The number of piperidine rings is 1. The molecule has 22 heavy (non-hydrogen) atoms. The number of rotatable bonds is 5. The standard InChI is InChI=1S/C18H24N2O2/c1-18(2,14-19)17(21)20-11-8-16(9-12-20)22-13-10-15-6-4-3-5-7-15/h3-7,16H,8-13H2,1-2H3. The van der Waals surface area contributed by atoms with Gasteiger partial charge in [0, 0.05) is 13.1 Å². The Kier molecular flexibility index (Phi) is 5.57. The zero-order valence-electron chi connectivity index (χ0n) is 13.4. The van der Waals surface area contributed by atoms with Crippen LogP contribution in [0.4, 0.5) is 0 Å². The van der Waals surface area contributed by atoms with E-state index in [4.69, 9.17) is 10.00 Å². The Labute approximate surface area is 132 Å². The fraction of sp³-hybridized carbons (Fsp3) is 0.556. The van der Waals surface area contributed by atoms with Gasteiger partial charge in [-0.1, -0.05) is 30.3 Å². The summed E-state index contributed by atoms with van der Waals surface area (Å²) in [6, 6.07) is 12.4. The number of hydrogen-bond donors (Lipinski definition) is 0. The molecule has 2 rings (SSSR count). The van der Waals surface area contributed by atoms with E-state index in [1.807, 2.05) is 18.2 Å². The van der Waals surface area contributed by atoms with Gasteiger partial charge in [-0.2, -0.15) is 5.26 Å². The van der Waals surface area contributed by atoms with Crippen LogP contribution in [0.1, 0.15) is 32.3 Å². The Balaban J connectivity index is 1.71. The van der Waals surface area contributed by atoms with Crippen LogP contribution in [0, 0.1) is 16.7 Å². The molecule has 118 valence electrons. The number of nitriles is 1. The fourth-order valence-electron chi connectivity index (χ4n) is 2.66. The van der Waals surface area contributed by atoms with E-state index in [-0.39, 0.29) is 12.0 Å². The van der Waals surface area contributed by atoms with Crippen molar-refractivity contribution < 1.29 is 9.53 Å². The van der Waals surface area contributed by atoms with Crippen molar-refractivity contribution in [3.63, 3.8) is 0 Å². The molecule has 4 nitrogen and oxygen atoms in total. The van der Waals surface area contributed by atoms with Crippen molar-refractivity contribution >= 4 is 5.91 Å². The lowest BCUT2D eigenvalue weighted by Crippen LogP contribution is -2.46. The third-order valence-corrected chi connectivity index (χ3v) is 4.13. The van der Waals surface area contributed by atoms with Crippen LogP contribution in [0.25, 0.3) is 0 Å². The third-order valence-electron chi connectivity index (χ3n) is 4.13. The monoisotopic (exact) mass is 300 g/mol. The Morgan fingerprint density at radius 3 is 2.55 bits per heavy atom. The van der Waals surface area contributed by atoms with E-state index in [2.05, 4.69) is 18.2 Å². The maximum atomic E-state index is 12.2. The molecule has 0 aromatic heterocycles. The molecule has 0 N–H and O–H groups in total. The third kappa shape index (κ3) is 4.32. The van der Waals surface area contributed by atoms with Crippen LogP contribution >= 0.6 is 0 Å². The van der Waals surface area contributed by atoms with Crippen molar-refractivity contribution in [3.8, 4) is 6.07 Å². The van der Waals surface area contributed by atoms with E-state index in [9.17, 15) is 4.79 Å². The summed E-state index contributed by atoms with van der Waals surface area (Å²) in [6.45, 7) is 5.43. The molecule has 1 fully saturated rings. The number of nitrogens with zero attached hydrogens (tertiary/aromatic N) is 2. The van der Waals surface area contributed by atoms with Crippen molar-refractivity contribution in [2.45, 2.75) is 39.2 Å². The molecule has 0 saturated carbocycles. The second-order valence-electron chi connectivity index (χ2n) is 6.33. The summed E-state index contributed by atoms with van der Waals surface area (Å²) in [6.07, 6.45) is 2.84. The highest BCUT2D eigenvalue weighted by molar-refractivity contribution is 5.84. The van der Waals surface area contributed by atoms with Crippen LogP contribution in [0.5, 0.6) is 0 Å². The minimum atomic E-state index is -0.930. The molecular weight excluding hydrogens is 276 g/mol. The lowest BCUT2D eigenvalue weighted by atomic mass is 9.92. The molecule has 0 bridgehead atoms. The maximum Gasteiger partial charge on any atom is 0.242 e. The molecule has 0 atom stereocenters. The molecule has 1 amide bonds. The molecule has 1 aromatic rings. The van der Waals surface area contributed by atoms with Crippen LogP contribution in [0.3, 0.4) is 0 Å². The van der Waals surface area contributed by atoms with Crippen molar-refractivity contribution in [1.82, 2.24) is 4.90 Å². The predicted octanol–water partition coefficient (Wildman–Crippen LogP) is 2.79. The Morgan fingerprint density at radius 2 is 1.95 bits per heavy atom. The first-order valence-electron chi connectivity index (χ1n) is 7.89. The smallest absolute Gasteiger partial charge is 0.242 e. The van der Waals surface area contributed by atoms with Crippen molar-refractivity contribution in [2.24, 2.45) is 5.41 Å². The number of ether oxygens (including phenoxy) is 1. The summed E-state index contributed by atoms with van der Waals surface area (Å²) in [7, 11) is 0. The number of amides is 1. The summed E-state index contributed by atoms with van der Waals surface area (Å²) >= 11 is 0. The van der Waals surface area contributed by atoms with Crippen molar-refractivity contribution in [3.05, 3.63) is 35.9 Å². The van der Waals surface area contributed by atoms with Crippen LogP contribution in [0.2, 0.25) is 0 Å². The van der Waals surface area contributed by atoms with E-state index in [1.54, 1.807) is 18.7 Å². The van der Waals surface area contributed by atoms with Gasteiger partial charge in [0.2, 0.25) is 5.91 Å². The molecule has 0 aliphatic carbocycles. The molecule has 1 heterocycles. The van der Waals surface area contributed by atoms with Crippen molar-refractivity contribution in [2.75, 3.05) is 19.7 Å². The maximum absolute atomic E-state index is 12.2. The second kappa shape index (κ2) is 7.42. The number of carbonyl (C=O) groups is 1. The van der Waals surface area contributed by atoms with Gasteiger partial charge in [-0.3, -0.25) is 4.79 Å². The van der Waals surface area contributed by atoms with E-state index in [1.165, 1.54) is 5.56 Å². The average Bonchev–Trinajstić information content (AvgIpc) is 2.56. The van der Waals surface area contributed by atoms with Gasteiger partial charge in [0.15, 0.2) is 0 Å². The van der Waals surface area contributed by atoms with Crippen molar-refractivity contribution in [1.29, 1.82) is 5.26 Å². The first-order chi connectivity index (χ1) is 10.5. The molecule has 1 saturated heterocycles. The highest BCUT2D eigenvalue weighted by atomic mass is 16.5. The Hall–Kier alpha value is -1.86. The van der Waals surface area contributed by atoms with E-state index in [0.29, 0.717) is 19.7 Å². The molecule has 1 aliphatic heterocycles.